The minimum atomic E-state index is -0.519. The lowest BCUT2D eigenvalue weighted by atomic mass is 10.2. The Morgan fingerprint density at radius 2 is 2.05 bits per heavy atom. The molecule has 0 aliphatic carbocycles. The molecule has 0 saturated carbocycles. The number of fused-ring (bicyclic) bond motifs is 1. The van der Waals surface area contributed by atoms with E-state index in [9.17, 15) is 4.79 Å². The summed E-state index contributed by atoms with van der Waals surface area (Å²) in [4.78, 5) is 17.6. The number of oxazole rings is 1. The van der Waals surface area contributed by atoms with Gasteiger partial charge in [0.15, 0.2) is 5.58 Å². The van der Waals surface area contributed by atoms with Crippen molar-refractivity contribution in [3.63, 3.8) is 0 Å². The van der Waals surface area contributed by atoms with Gasteiger partial charge in [0.1, 0.15) is 12.1 Å². The lowest BCUT2D eigenvalue weighted by Gasteiger charge is -2.12. The number of benzene rings is 2. The van der Waals surface area contributed by atoms with Gasteiger partial charge in [-0.25, -0.2) is 9.69 Å². The first-order chi connectivity index (χ1) is 10.6. The first-order valence-electron chi connectivity index (χ1n) is 6.64. The molecule has 6 heteroatoms. The molecule has 1 heterocycles. The monoisotopic (exact) mass is 360 g/mol. The first kappa shape index (κ1) is 14.6. The van der Waals surface area contributed by atoms with Crippen molar-refractivity contribution in [2.75, 3.05) is 11.9 Å². The summed E-state index contributed by atoms with van der Waals surface area (Å²) in [5.74, 6) is 0. The summed E-state index contributed by atoms with van der Waals surface area (Å²) in [7, 11) is 1.56. The summed E-state index contributed by atoms with van der Waals surface area (Å²) in [6, 6.07) is 15.2. The van der Waals surface area contributed by atoms with Gasteiger partial charge in [-0.15, -0.1) is 0 Å². The molecular formula is C16H13BrN2O3. The van der Waals surface area contributed by atoms with E-state index in [-0.39, 0.29) is 12.6 Å². The number of nitrogens with zero attached hydrogens (tertiary/aromatic N) is 2. The Kier molecular flexibility index (Phi) is 4.11. The number of aromatic nitrogens is 1. The maximum Gasteiger partial charge on any atom is 0.417 e. The SMILES string of the molecule is CN(C(=O)OCc1ccccc1)c1nc2cc(Br)ccc2o1. The fraction of sp³-hybridized carbons (Fsp3) is 0.125. The smallest absolute Gasteiger partial charge is 0.417 e. The molecule has 0 fully saturated rings. The molecule has 3 rings (SSSR count). The fourth-order valence-corrected chi connectivity index (χ4v) is 2.28. The molecule has 112 valence electrons. The topological polar surface area (TPSA) is 55.6 Å². The highest BCUT2D eigenvalue weighted by atomic mass is 79.9. The quantitative estimate of drug-likeness (QED) is 0.696. The second-order valence-electron chi connectivity index (χ2n) is 4.71. The number of amides is 1. The summed E-state index contributed by atoms with van der Waals surface area (Å²) in [5.41, 5.74) is 2.21. The van der Waals surface area contributed by atoms with Gasteiger partial charge >= 0.3 is 12.1 Å². The van der Waals surface area contributed by atoms with Gasteiger partial charge < -0.3 is 9.15 Å². The molecule has 3 aromatic rings. The molecule has 0 radical (unpaired) electrons. The molecule has 0 aliphatic heterocycles. The van der Waals surface area contributed by atoms with Gasteiger partial charge in [-0.2, -0.15) is 4.98 Å². The van der Waals surface area contributed by atoms with Crippen LogP contribution in [0.15, 0.2) is 57.4 Å². The van der Waals surface area contributed by atoms with E-state index in [2.05, 4.69) is 20.9 Å². The minimum Gasteiger partial charge on any atom is -0.444 e. The summed E-state index contributed by atoms with van der Waals surface area (Å²) < 4.78 is 11.7. The van der Waals surface area contributed by atoms with Crippen LogP contribution in [0.5, 0.6) is 0 Å². The Bertz CT molecular complexity index is 802. The molecule has 0 unspecified atom stereocenters. The summed E-state index contributed by atoms with van der Waals surface area (Å²) in [6.45, 7) is 0.204. The molecule has 0 atom stereocenters. The van der Waals surface area contributed by atoms with Crippen LogP contribution in [-0.2, 0) is 11.3 Å². The van der Waals surface area contributed by atoms with Gasteiger partial charge in [-0.05, 0) is 23.8 Å². The van der Waals surface area contributed by atoms with Crippen molar-refractivity contribution in [2.45, 2.75) is 6.61 Å². The summed E-state index contributed by atoms with van der Waals surface area (Å²) in [5, 5.41) is 0. The van der Waals surface area contributed by atoms with E-state index in [0.717, 1.165) is 10.0 Å². The van der Waals surface area contributed by atoms with Crippen LogP contribution >= 0.6 is 15.9 Å². The van der Waals surface area contributed by atoms with E-state index in [1.54, 1.807) is 13.1 Å². The zero-order chi connectivity index (χ0) is 15.5. The van der Waals surface area contributed by atoms with Crippen molar-refractivity contribution >= 4 is 39.1 Å². The Morgan fingerprint density at radius 1 is 1.27 bits per heavy atom. The molecule has 0 saturated heterocycles. The Labute approximate surface area is 135 Å². The second-order valence-corrected chi connectivity index (χ2v) is 5.62. The number of hydrogen-bond donors (Lipinski definition) is 0. The normalized spacial score (nSPS) is 10.6. The van der Waals surface area contributed by atoms with Crippen molar-refractivity contribution < 1.29 is 13.9 Å². The van der Waals surface area contributed by atoms with Crippen molar-refractivity contribution in [3.05, 3.63) is 58.6 Å². The number of carbonyl (C=O) groups is 1. The van der Waals surface area contributed by atoms with Crippen LogP contribution in [0.2, 0.25) is 0 Å². The number of carbonyl (C=O) groups excluding carboxylic acids is 1. The zero-order valence-electron chi connectivity index (χ0n) is 11.8. The van der Waals surface area contributed by atoms with Crippen molar-refractivity contribution in [1.29, 1.82) is 0 Å². The average molecular weight is 361 g/mol. The van der Waals surface area contributed by atoms with Gasteiger partial charge in [0.2, 0.25) is 0 Å². The average Bonchev–Trinajstić information content (AvgIpc) is 2.95. The van der Waals surface area contributed by atoms with E-state index < -0.39 is 6.09 Å². The molecule has 0 N–H and O–H groups in total. The van der Waals surface area contributed by atoms with Crippen LogP contribution in [0.25, 0.3) is 11.1 Å². The maximum absolute atomic E-state index is 12.1. The molecule has 5 nitrogen and oxygen atoms in total. The predicted molar refractivity (Wildman–Crippen MR) is 86.7 cm³/mol. The first-order valence-corrected chi connectivity index (χ1v) is 7.43. The number of anilines is 1. The Balaban J connectivity index is 1.71. The van der Waals surface area contributed by atoms with Gasteiger partial charge in [0.25, 0.3) is 0 Å². The van der Waals surface area contributed by atoms with Crippen LogP contribution < -0.4 is 4.90 Å². The summed E-state index contributed by atoms with van der Waals surface area (Å²) in [6.07, 6.45) is -0.519. The number of halogens is 1. The molecule has 2 aromatic carbocycles. The van der Waals surface area contributed by atoms with Crippen LogP contribution in [0, 0.1) is 0 Å². The predicted octanol–water partition coefficient (Wildman–Crippen LogP) is 4.36. The molecule has 0 spiro atoms. The lowest BCUT2D eigenvalue weighted by molar-refractivity contribution is 0.147. The summed E-state index contributed by atoms with van der Waals surface area (Å²) >= 11 is 3.37. The van der Waals surface area contributed by atoms with Crippen molar-refractivity contribution in [1.82, 2.24) is 4.98 Å². The molecule has 0 aliphatic rings. The van der Waals surface area contributed by atoms with E-state index in [1.807, 2.05) is 42.5 Å². The number of ether oxygens (including phenoxy) is 1. The van der Waals surface area contributed by atoms with E-state index in [4.69, 9.17) is 9.15 Å². The van der Waals surface area contributed by atoms with E-state index in [0.29, 0.717) is 11.1 Å². The second kappa shape index (κ2) is 6.19. The van der Waals surface area contributed by atoms with Crippen molar-refractivity contribution in [2.24, 2.45) is 0 Å². The largest absolute Gasteiger partial charge is 0.444 e. The molecule has 1 aromatic heterocycles. The van der Waals surface area contributed by atoms with Gasteiger partial charge in [-0.3, -0.25) is 0 Å². The van der Waals surface area contributed by atoms with Gasteiger partial charge in [0.05, 0.1) is 0 Å². The van der Waals surface area contributed by atoms with E-state index in [1.165, 1.54) is 4.90 Å². The number of rotatable bonds is 3. The fourth-order valence-electron chi connectivity index (χ4n) is 1.93. The maximum atomic E-state index is 12.1. The van der Waals surface area contributed by atoms with E-state index >= 15 is 0 Å². The number of hydrogen-bond acceptors (Lipinski definition) is 4. The minimum absolute atomic E-state index is 0.200. The Hall–Kier alpha value is -2.34. The third-order valence-corrected chi connectivity index (χ3v) is 3.60. The Morgan fingerprint density at radius 3 is 2.82 bits per heavy atom. The molecular weight excluding hydrogens is 348 g/mol. The van der Waals surface area contributed by atoms with Gasteiger partial charge in [-0.1, -0.05) is 46.3 Å². The van der Waals surface area contributed by atoms with Crippen LogP contribution in [0.1, 0.15) is 5.56 Å². The van der Waals surface area contributed by atoms with Crippen LogP contribution in [0.4, 0.5) is 10.8 Å². The molecule has 0 bridgehead atoms. The highest BCUT2D eigenvalue weighted by Crippen LogP contribution is 2.24. The third-order valence-electron chi connectivity index (χ3n) is 3.10. The molecule has 1 amide bonds. The third kappa shape index (κ3) is 3.12. The van der Waals surface area contributed by atoms with Gasteiger partial charge in [0, 0.05) is 11.5 Å². The zero-order valence-corrected chi connectivity index (χ0v) is 13.4. The highest BCUT2D eigenvalue weighted by Gasteiger charge is 2.18. The van der Waals surface area contributed by atoms with Crippen molar-refractivity contribution in [3.8, 4) is 0 Å². The highest BCUT2D eigenvalue weighted by molar-refractivity contribution is 9.10. The standard InChI is InChI=1S/C16H13BrN2O3/c1-19(16(20)21-10-11-5-3-2-4-6-11)15-18-13-9-12(17)7-8-14(13)22-15/h2-9H,10H2,1H3. The van der Waals surface area contributed by atoms with Crippen LogP contribution in [-0.4, -0.2) is 18.1 Å². The van der Waals surface area contributed by atoms with Crippen LogP contribution in [0.3, 0.4) is 0 Å². The lowest BCUT2D eigenvalue weighted by Crippen LogP contribution is -2.27. The molecule has 22 heavy (non-hydrogen) atoms.